The fraction of sp³-hybridized carbons (Fsp3) is 0.500. The molecule has 3 saturated heterocycles. The van der Waals surface area contributed by atoms with E-state index >= 15 is 0 Å². The molecule has 3 aliphatic rings. The molecule has 1 amide bonds. The number of carbonyl (C=O) groups excluding carboxylic acids is 1. The van der Waals surface area contributed by atoms with Gasteiger partial charge in [0.25, 0.3) is 5.91 Å². The van der Waals surface area contributed by atoms with E-state index in [0.29, 0.717) is 17.5 Å². The number of nitrogens with one attached hydrogen (secondary N) is 1. The quantitative estimate of drug-likeness (QED) is 0.927. The molecule has 2 aromatic rings. The molecule has 3 fully saturated rings. The van der Waals surface area contributed by atoms with Gasteiger partial charge in [0.2, 0.25) is 0 Å². The Morgan fingerprint density at radius 3 is 3.00 bits per heavy atom. The Labute approximate surface area is 128 Å². The third kappa shape index (κ3) is 2.24. The van der Waals surface area contributed by atoms with Crippen LogP contribution in [0.15, 0.2) is 23.7 Å². The summed E-state index contributed by atoms with van der Waals surface area (Å²) in [4.78, 5) is 19.4. The lowest BCUT2D eigenvalue weighted by Gasteiger charge is -2.49. The van der Waals surface area contributed by atoms with Gasteiger partial charge in [-0.1, -0.05) is 0 Å². The number of rotatable bonds is 2. The van der Waals surface area contributed by atoms with Crippen molar-refractivity contribution in [3.05, 3.63) is 29.3 Å². The first-order valence-corrected chi connectivity index (χ1v) is 8.48. The maximum absolute atomic E-state index is 12.5. The Balaban J connectivity index is 1.54. The second kappa shape index (κ2) is 5.07. The molecule has 0 saturated carbocycles. The van der Waals surface area contributed by atoms with E-state index in [1.165, 1.54) is 25.9 Å². The molecule has 0 spiro atoms. The van der Waals surface area contributed by atoms with Crippen molar-refractivity contribution in [2.24, 2.45) is 5.92 Å². The van der Waals surface area contributed by atoms with E-state index in [2.05, 4.69) is 22.1 Å². The lowest BCUT2D eigenvalue weighted by Crippen LogP contribution is -2.62. The second-order valence-corrected chi connectivity index (χ2v) is 7.09. The summed E-state index contributed by atoms with van der Waals surface area (Å²) in [6, 6.07) is 4.66. The highest BCUT2D eigenvalue weighted by Crippen LogP contribution is 2.32. The number of pyridine rings is 1. The van der Waals surface area contributed by atoms with Gasteiger partial charge >= 0.3 is 0 Å². The fourth-order valence-corrected chi connectivity index (χ4v) is 4.53. The summed E-state index contributed by atoms with van der Waals surface area (Å²) >= 11 is 1.63. The summed E-state index contributed by atoms with van der Waals surface area (Å²) in [7, 11) is 0. The summed E-state index contributed by atoms with van der Waals surface area (Å²) in [5, 5.41) is 5.27. The number of aromatic nitrogens is 1. The largest absolute Gasteiger partial charge is 0.347 e. The predicted octanol–water partition coefficient (Wildman–Crippen LogP) is 2.51. The molecule has 110 valence electrons. The number of fused-ring (bicyclic) bond motifs is 4. The van der Waals surface area contributed by atoms with Crippen LogP contribution in [0.3, 0.4) is 0 Å². The first kappa shape index (κ1) is 13.2. The van der Waals surface area contributed by atoms with Crippen LogP contribution in [0.4, 0.5) is 0 Å². The summed E-state index contributed by atoms with van der Waals surface area (Å²) in [5.74, 6) is 0.649. The average Bonchev–Trinajstić information content (AvgIpc) is 2.98. The highest BCUT2D eigenvalue weighted by Gasteiger charge is 2.40. The Bertz CT molecular complexity index is 673. The Kier molecular flexibility index (Phi) is 3.19. The highest BCUT2D eigenvalue weighted by molar-refractivity contribution is 7.17. The third-order valence-electron chi connectivity index (χ3n) is 5.04. The number of carbonyl (C=O) groups is 1. The van der Waals surface area contributed by atoms with Gasteiger partial charge in [-0.25, -0.2) is 0 Å². The molecule has 5 rings (SSSR count). The number of amides is 1. The molecule has 5 heterocycles. The van der Waals surface area contributed by atoms with Crippen molar-refractivity contribution >= 4 is 27.5 Å². The molecule has 0 radical (unpaired) electrons. The van der Waals surface area contributed by atoms with Gasteiger partial charge < -0.3 is 5.32 Å². The molecule has 4 nitrogen and oxygen atoms in total. The number of nitrogens with zero attached hydrogens (tertiary/aromatic N) is 2. The first-order valence-electron chi connectivity index (χ1n) is 7.60. The monoisotopic (exact) mass is 301 g/mol. The standard InChI is InChI=1S/C16H19N3OS/c1-10-15(11-2-5-19(10)6-3-11)18-16(20)12-8-14-13(17-9-12)4-7-21-14/h4,7-11,15H,2-3,5-6H2,1H3,(H,18,20)/t10-,15-/m0/s1. The average molecular weight is 301 g/mol. The fourth-order valence-electron chi connectivity index (χ4n) is 3.75. The molecule has 0 aromatic carbocycles. The number of thiophene rings is 1. The zero-order valence-electron chi connectivity index (χ0n) is 12.1. The molecular weight excluding hydrogens is 282 g/mol. The smallest absolute Gasteiger partial charge is 0.253 e. The minimum absolute atomic E-state index is 0.0170. The van der Waals surface area contributed by atoms with Crippen LogP contribution in [0.2, 0.25) is 0 Å². The minimum Gasteiger partial charge on any atom is -0.347 e. The molecule has 2 atom stereocenters. The molecular formula is C16H19N3OS. The van der Waals surface area contributed by atoms with Crippen LogP contribution < -0.4 is 5.32 Å². The maximum Gasteiger partial charge on any atom is 0.253 e. The highest BCUT2D eigenvalue weighted by atomic mass is 32.1. The molecule has 0 aliphatic carbocycles. The van der Waals surface area contributed by atoms with Crippen LogP contribution in [0.25, 0.3) is 10.2 Å². The van der Waals surface area contributed by atoms with Crippen LogP contribution in [-0.2, 0) is 0 Å². The van der Waals surface area contributed by atoms with Crippen molar-refractivity contribution in [2.45, 2.75) is 31.8 Å². The maximum atomic E-state index is 12.5. The summed E-state index contributed by atoms with van der Waals surface area (Å²) < 4.78 is 1.07. The van der Waals surface area contributed by atoms with Gasteiger partial charge in [-0.2, -0.15) is 0 Å². The van der Waals surface area contributed by atoms with Crippen LogP contribution in [0, 0.1) is 5.92 Å². The van der Waals surface area contributed by atoms with Crippen molar-refractivity contribution in [2.75, 3.05) is 13.1 Å². The predicted molar refractivity (Wildman–Crippen MR) is 84.6 cm³/mol. The first-order chi connectivity index (χ1) is 10.2. The van der Waals surface area contributed by atoms with Gasteiger partial charge in [0.1, 0.15) is 0 Å². The van der Waals surface area contributed by atoms with Crippen molar-refractivity contribution < 1.29 is 4.79 Å². The van der Waals surface area contributed by atoms with E-state index in [4.69, 9.17) is 0 Å². The Hall–Kier alpha value is -1.46. The van der Waals surface area contributed by atoms with Gasteiger partial charge in [-0.15, -0.1) is 11.3 Å². The number of hydrogen-bond donors (Lipinski definition) is 1. The van der Waals surface area contributed by atoms with Gasteiger partial charge in [0.15, 0.2) is 0 Å². The van der Waals surface area contributed by atoms with E-state index in [1.54, 1.807) is 17.5 Å². The van der Waals surface area contributed by atoms with Gasteiger partial charge in [0.05, 0.1) is 15.8 Å². The van der Waals surface area contributed by atoms with Crippen molar-refractivity contribution in [1.82, 2.24) is 15.2 Å². The van der Waals surface area contributed by atoms with E-state index in [1.807, 2.05) is 17.5 Å². The van der Waals surface area contributed by atoms with E-state index in [9.17, 15) is 4.79 Å². The Morgan fingerprint density at radius 1 is 1.43 bits per heavy atom. The minimum atomic E-state index is 0.0170. The topological polar surface area (TPSA) is 45.2 Å². The summed E-state index contributed by atoms with van der Waals surface area (Å²) in [5.41, 5.74) is 1.64. The van der Waals surface area contributed by atoms with Crippen molar-refractivity contribution in [3.8, 4) is 0 Å². The molecule has 2 bridgehead atoms. The lowest BCUT2D eigenvalue weighted by atomic mass is 9.79. The summed E-state index contributed by atoms with van der Waals surface area (Å²) in [6.07, 6.45) is 4.10. The molecule has 3 aliphatic heterocycles. The number of piperidine rings is 3. The van der Waals surface area contributed by atoms with Crippen LogP contribution in [0.5, 0.6) is 0 Å². The molecule has 5 heteroatoms. The molecule has 1 N–H and O–H groups in total. The third-order valence-corrected chi connectivity index (χ3v) is 5.89. The van der Waals surface area contributed by atoms with E-state index in [0.717, 1.165) is 10.2 Å². The second-order valence-electron chi connectivity index (χ2n) is 6.14. The molecule has 2 aromatic heterocycles. The van der Waals surface area contributed by atoms with Crippen LogP contribution in [-0.4, -0.2) is 41.0 Å². The van der Waals surface area contributed by atoms with Crippen molar-refractivity contribution in [1.29, 1.82) is 0 Å². The molecule has 0 unspecified atom stereocenters. The van der Waals surface area contributed by atoms with E-state index in [-0.39, 0.29) is 11.9 Å². The number of hydrogen-bond acceptors (Lipinski definition) is 4. The van der Waals surface area contributed by atoms with E-state index < -0.39 is 0 Å². The molecule has 21 heavy (non-hydrogen) atoms. The van der Waals surface area contributed by atoms with Gasteiger partial charge in [-0.05, 0) is 56.3 Å². The lowest BCUT2D eigenvalue weighted by molar-refractivity contribution is 0.0217. The van der Waals surface area contributed by atoms with Crippen LogP contribution in [0.1, 0.15) is 30.1 Å². The zero-order valence-corrected chi connectivity index (χ0v) is 12.9. The summed E-state index contributed by atoms with van der Waals surface area (Å²) in [6.45, 7) is 4.60. The van der Waals surface area contributed by atoms with Gasteiger partial charge in [-0.3, -0.25) is 14.7 Å². The zero-order chi connectivity index (χ0) is 14.4. The van der Waals surface area contributed by atoms with Crippen LogP contribution >= 0.6 is 11.3 Å². The Morgan fingerprint density at radius 2 is 2.24 bits per heavy atom. The normalized spacial score (nSPS) is 31.5. The van der Waals surface area contributed by atoms with Gasteiger partial charge in [0, 0.05) is 18.3 Å². The SMILES string of the molecule is C[C@H]1[C@H](NC(=O)c2cnc3ccsc3c2)C2CCN1CC2. The van der Waals surface area contributed by atoms with Crippen molar-refractivity contribution in [3.63, 3.8) is 0 Å².